The molecule has 1 aromatic heterocycles. The van der Waals surface area contributed by atoms with Crippen molar-refractivity contribution < 1.29 is 4.74 Å². The largest absolute Gasteiger partial charge is 0.486 e. The zero-order valence-corrected chi connectivity index (χ0v) is 4.82. The highest BCUT2D eigenvalue weighted by molar-refractivity contribution is 5.32. The highest BCUT2D eigenvalue weighted by Gasteiger charge is 2.01. The summed E-state index contributed by atoms with van der Waals surface area (Å²) < 4.78 is 6.92. The van der Waals surface area contributed by atoms with E-state index in [9.17, 15) is 0 Å². The lowest BCUT2D eigenvalue weighted by molar-refractivity contribution is 0.342. The molecule has 0 N–H and O–H groups in total. The van der Waals surface area contributed by atoms with Gasteiger partial charge in [0.2, 0.25) is 0 Å². The highest BCUT2D eigenvalue weighted by atomic mass is 16.5. The molecule has 0 spiro atoms. The maximum atomic E-state index is 4.93. The molecule has 2 heteroatoms. The van der Waals surface area contributed by atoms with Gasteiger partial charge in [0.05, 0.1) is 5.69 Å². The molecule has 0 aromatic carbocycles. The fourth-order valence-electron chi connectivity index (χ4n) is 0.852. The van der Waals surface area contributed by atoms with Gasteiger partial charge < -0.3 is 9.30 Å². The first-order valence-electron chi connectivity index (χ1n) is 2.79. The van der Waals surface area contributed by atoms with Crippen LogP contribution >= 0.6 is 0 Å². The van der Waals surface area contributed by atoms with Gasteiger partial charge in [-0.1, -0.05) is 0 Å². The van der Waals surface area contributed by atoms with E-state index in [1.54, 1.807) is 12.9 Å². The van der Waals surface area contributed by atoms with Gasteiger partial charge in [0, 0.05) is 12.4 Å². The predicted octanol–water partition coefficient (Wildman–Crippen LogP) is 1.46. The molecule has 45 valence electrons. The van der Waals surface area contributed by atoms with Crippen LogP contribution in [0.15, 0.2) is 24.6 Å². The Bertz CT molecular complexity index is 237. The van der Waals surface area contributed by atoms with Crippen LogP contribution in [0.1, 0.15) is 5.69 Å². The second-order valence-electron chi connectivity index (χ2n) is 1.88. The van der Waals surface area contributed by atoms with Crippen LogP contribution in [0, 0.1) is 6.61 Å². The minimum Gasteiger partial charge on any atom is -0.486 e. The van der Waals surface area contributed by atoms with E-state index in [4.69, 9.17) is 4.74 Å². The molecule has 0 saturated heterocycles. The summed E-state index contributed by atoms with van der Waals surface area (Å²) in [6.07, 6.45) is 5.49. The predicted molar refractivity (Wildman–Crippen MR) is 34.2 cm³/mol. The van der Waals surface area contributed by atoms with Crippen LogP contribution in [0.4, 0.5) is 0 Å². The van der Waals surface area contributed by atoms with Crippen molar-refractivity contribution in [2.24, 2.45) is 0 Å². The fourth-order valence-corrected chi connectivity index (χ4v) is 0.852. The molecule has 0 atom stereocenters. The van der Waals surface area contributed by atoms with Gasteiger partial charge in [-0.05, 0) is 12.1 Å². The lowest BCUT2D eigenvalue weighted by Crippen LogP contribution is -1.97. The van der Waals surface area contributed by atoms with Crippen LogP contribution in [0.3, 0.4) is 0 Å². The Morgan fingerprint density at radius 1 is 1.44 bits per heavy atom. The second-order valence-corrected chi connectivity index (χ2v) is 1.88. The Hall–Kier alpha value is -1.18. The minimum atomic E-state index is 1.08. The molecular weight excluding hydrogens is 114 g/mol. The standard InChI is InChI=1S/C7H6NO/c1-2-7-6-9-5-4-8(7)3-1/h1-6H. The van der Waals surface area contributed by atoms with E-state index in [1.165, 1.54) is 0 Å². The van der Waals surface area contributed by atoms with Crippen molar-refractivity contribution in [1.29, 1.82) is 0 Å². The van der Waals surface area contributed by atoms with Gasteiger partial charge in [0.1, 0.15) is 6.26 Å². The lowest BCUT2D eigenvalue weighted by Gasteiger charge is -2.07. The topological polar surface area (TPSA) is 14.2 Å². The fraction of sp³-hybridized carbons (Fsp3) is 0. The molecule has 9 heavy (non-hydrogen) atoms. The van der Waals surface area contributed by atoms with E-state index in [0.29, 0.717) is 0 Å². The SMILES string of the molecule is [CH]1OC=Cn2cccc21. The van der Waals surface area contributed by atoms with Gasteiger partial charge in [-0.2, -0.15) is 0 Å². The molecule has 0 amide bonds. The molecule has 1 radical (unpaired) electrons. The summed E-state index contributed by atoms with van der Waals surface area (Å²) in [6, 6.07) is 3.97. The normalized spacial score (nSPS) is 14.7. The van der Waals surface area contributed by atoms with Crippen molar-refractivity contribution >= 4 is 6.20 Å². The number of fused-ring (bicyclic) bond motifs is 1. The summed E-state index contributed by atoms with van der Waals surface area (Å²) in [7, 11) is 0. The van der Waals surface area contributed by atoms with Gasteiger partial charge in [-0.15, -0.1) is 0 Å². The van der Waals surface area contributed by atoms with Gasteiger partial charge in [-0.3, -0.25) is 0 Å². The van der Waals surface area contributed by atoms with Crippen LogP contribution in [-0.2, 0) is 4.74 Å². The van der Waals surface area contributed by atoms with Crippen molar-refractivity contribution in [2.45, 2.75) is 0 Å². The van der Waals surface area contributed by atoms with Crippen molar-refractivity contribution in [1.82, 2.24) is 4.57 Å². The first-order valence-corrected chi connectivity index (χ1v) is 2.79. The smallest absolute Gasteiger partial charge is 0.180 e. The average molecular weight is 120 g/mol. The van der Waals surface area contributed by atoms with Crippen LogP contribution in [0.2, 0.25) is 0 Å². The zero-order valence-electron chi connectivity index (χ0n) is 4.82. The van der Waals surface area contributed by atoms with E-state index in [2.05, 4.69) is 0 Å². The van der Waals surface area contributed by atoms with Gasteiger partial charge in [0.25, 0.3) is 0 Å². The van der Waals surface area contributed by atoms with E-state index in [-0.39, 0.29) is 0 Å². The summed E-state index contributed by atoms with van der Waals surface area (Å²) in [5, 5.41) is 0. The molecule has 1 aliphatic heterocycles. The average Bonchev–Trinajstić information content (AvgIpc) is 2.33. The van der Waals surface area contributed by atoms with Gasteiger partial charge in [-0.25, -0.2) is 0 Å². The summed E-state index contributed by atoms with van der Waals surface area (Å²) in [6.45, 7) is 1.71. The van der Waals surface area contributed by atoms with E-state index in [1.807, 2.05) is 29.1 Å². The monoisotopic (exact) mass is 120 g/mol. The molecule has 2 rings (SSSR count). The number of aromatic nitrogens is 1. The third-order valence-electron chi connectivity index (χ3n) is 1.30. The van der Waals surface area contributed by atoms with E-state index in [0.717, 1.165) is 5.69 Å². The van der Waals surface area contributed by atoms with Crippen molar-refractivity contribution in [3.8, 4) is 0 Å². The molecule has 0 saturated carbocycles. The summed E-state index contributed by atoms with van der Waals surface area (Å²) in [5.74, 6) is 0. The van der Waals surface area contributed by atoms with Crippen LogP contribution < -0.4 is 0 Å². The summed E-state index contributed by atoms with van der Waals surface area (Å²) in [5.41, 5.74) is 1.08. The molecule has 0 unspecified atom stereocenters. The number of nitrogens with zero attached hydrogens (tertiary/aromatic N) is 1. The Labute approximate surface area is 53.4 Å². The third kappa shape index (κ3) is 0.633. The van der Waals surface area contributed by atoms with Crippen LogP contribution in [0.5, 0.6) is 0 Å². The molecular formula is C7H6NO. The maximum absolute atomic E-state index is 4.93. The van der Waals surface area contributed by atoms with Crippen molar-refractivity contribution in [3.63, 3.8) is 0 Å². The molecule has 0 aliphatic carbocycles. The van der Waals surface area contributed by atoms with E-state index >= 15 is 0 Å². The van der Waals surface area contributed by atoms with Gasteiger partial charge in [0.15, 0.2) is 6.61 Å². The second kappa shape index (κ2) is 1.65. The summed E-state index contributed by atoms with van der Waals surface area (Å²) in [4.78, 5) is 0. The van der Waals surface area contributed by atoms with Gasteiger partial charge >= 0.3 is 0 Å². The third-order valence-corrected chi connectivity index (χ3v) is 1.30. The van der Waals surface area contributed by atoms with Crippen molar-refractivity contribution in [3.05, 3.63) is 36.9 Å². The molecule has 1 aliphatic rings. The lowest BCUT2D eigenvalue weighted by atomic mass is 10.4. The molecule has 2 heterocycles. The first-order chi connectivity index (χ1) is 4.47. The Morgan fingerprint density at radius 3 is 3.33 bits per heavy atom. The first kappa shape index (κ1) is 4.68. The quantitative estimate of drug-likeness (QED) is 0.505. The number of hydrogen-bond acceptors (Lipinski definition) is 1. The highest BCUT2D eigenvalue weighted by Crippen LogP contribution is 2.10. The minimum absolute atomic E-state index is 1.08. The zero-order chi connectivity index (χ0) is 6.10. The Kier molecular flexibility index (Phi) is 0.859. The Morgan fingerprint density at radius 2 is 2.44 bits per heavy atom. The van der Waals surface area contributed by atoms with Crippen molar-refractivity contribution in [2.75, 3.05) is 0 Å². The maximum Gasteiger partial charge on any atom is 0.180 e. The summed E-state index contributed by atoms with van der Waals surface area (Å²) >= 11 is 0. The van der Waals surface area contributed by atoms with Crippen LogP contribution in [0.25, 0.3) is 6.20 Å². The Balaban J connectivity index is 2.53. The molecule has 2 nitrogen and oxygen atoms in total. The van der Waals surface area contributed by atoms with E-state index < -0.39 is 0 Å². The number of rotatable bonds is 0. The number of hydrogen-bond donors (Lipinski definition) is 0. The molecule has 1 aromatic rings. The molecule has 0 fully saturated rings. The number of ether oxygens (including phenoxy) is 1. The van der Waals surface area contributed by atoms with Crippen LogP contribution in [-0.4, -0.2) is 4.57 Å². The molecule has 0 bridgehead atoms.